The van der Waals surface area contributed by atoms with Crippen molar-refractivity contribution < 1.29 is 9.53 Å². The number of carbonyl (C=O) groups excluding carboxylic acids is 1. The number of rotatable bonds is 4. The molecule has 0 saturated heterocycles. The second kappa shape index (κ2) is 8.28. The first-order valence-corrected chi connectivity index (χ1v) is 10.5. The lowest BCUT2D eigenvalue weighted by atomic mass is 10.0. The van der Waals surface area contributed by atoms with Crippen molar-refractivity contribution in [3.05, 3.63) is 101 Å². The highest BCUT2D eigenvalue weighted by Gasteiger charge is 2.26. The van der Waals surface area contributed by atoms with E-state index in [0.29, 0.717) is 29.4 Å². The molecular weight excluding hydrogens is 410 g/mol. The van der Waals surface area contributed by atoms with Gasteiger partial charge in [0.1, 0.15) is 11.5 Å². The molecule has 0 bridgehead atoms. The first kappa shape index (κ1) is 19.4. The number of fused-ring (bicyclic) bond motifs is 1. The van der Waals surface area contributed by atoms with Gasteiger partial charge in [0.05, 0.1) is 5.69 Å². The maximum absolute atomic E-state index is 13.3. The molecule has 4 aromatic rings. The maximum atomic E-state index is 13.3. The zero-order valence-electron chi connectivity index (χ0n) is 16.7. The van der Waals surface area contributed by atoms with E-state index >= 15 is 0 Å². The van der Waals surface area contributed by atoms with Crippen LogP contribution in [0.5, 0.6) is 11.5 Å². The van der Waals surface area contributed by atoms with Crippen LogP contribution in [0.15, 0.2) is 78.9 Å². The van der Waals surface area contributed by atoms with Crippen LogP contribution in [-0.2, 0) is 13.0 Å². The normalized spacial score (nSPS) is 13.0. The van der Waals surface area contributed by atoms with Gasteiger partial charge in [-0.3, -0.25) is 9.89 Å². The summed E-state index contributed by atoms with van der Waals surface area (Å²) in [4.78, 5) is 15.1. The molecule has 1 amide bonds. The van der Waals surface area contributed by atoms with Gasteiger partial charge in [0.15, 0.2) is 0 Å². The summed E-state index contributed by atoms with van der Waals surface area (Å²) in [5.74, 6) is 1.35. The SMILES string of the molecule is O=C(c1cccc(Oc2ccccc2)c1)N1CCc2[nH]nc(-c3ccc(Cl)cc3)c2C1. The number of nitrogens with zero attached hydrogens (tertiary/aromatic N) is 2. The van der Waals surface area contributed by atoms with Gasteiger partial charge in [-0.2, -0.15) is 5.10 Å². The van der Waals surface area contributed by atoms with Crippen LogP contribution in [0.2, 0.25) is 5.02 Å². The monoisotopic (exact) mass is 429 g/mol. The van der Waals surface area contributed by atoms with Crippen LogP contribution in [0, 0.1) is 0 Å². The minimum atomic E-state index is -0.0209. The molecule has 1 aromatic heterocycles. The van der Waals surface area contributed by atoms with Crippen LogP contribution in [0.4, 0.5) is 0 Å². The number of benzene rings is 3. The molecule has 1 aliphatic rings. The van der Waals surface area contributed by atoms with Gasteiger partial charge in [0.2, 0.25) is 0 Å². The fraction of sp³-hybridized carbons (Fsp3) is 0.120. The Hall–Kier alpha value is -3.57. The van der Waals surface area contributed by atoms with Crippen LogP contribution in [0.25, 0.3) is 11.3 Å². The van der Waals surface area contributed by atoms with Gasteiger partial charge in [-0.05, 0) is 42.5 Å². The summed E-state index contributed by atoms with van der Waals surface area (Å²) in [6, 6.07) is 24.5. The maximum Gasteiger partial charge on any atom is 0.254 e. The summed E-state index contributed by atoms with van der Waals surface area (Å²) < 4.78 is 5.89. The first-order valence-electron chi connectivity index (χ1n) is 10.1. The predicted molar refractivity (Wildman–Crippen MR) is 120 cm³/mol. The fourth-order valence-corrected chi connectivity index (χ4v) is 3.94. The summed E-state index contributed by atoms with van der Waals surface area (Å²) in [5.41, 5.74) is 4.59. The average molecular weight is 430 g/mol. The Bertz CT molecular complexity index is 1220. The van der Waals surface area contributed by atoms with E-state index in [1.165, 1.54) is 0 Å². The Balaban J connectivity index is 1.37. The molecule has 0 saturated carbocycles. The Morgan fingerprint density at radius 3 is 2.55 bits per heavy atom. The van der Waals surface area contributed by atoms with Crippen molar-refractivity contribution >= 4 is 17.5 Å². The van der Waals surface area contributed by atoms with E-state index in [1.807, 2.05) is 77.7 Å². The van der Waals surface area contributed by atoms with E-state index in [2.05, 4.69) is 10.2 Å². The van der Waals surface area contributed by atoms with Crippen molar-refractivity contribution in [2.24, 2.45) is 0 Å². The second-order valence-electron chi connectivity index (χ2n) is 7.46. The molecule has 0 spiro atoms. The van der Waals surface area contributed by atoms with Crippen LogP contribution in [0.1, 0.15) is 21.6 Å². The summed E-state index contributed by atoms with van der Waals surface area (Å²) in [5, 5.41) is 8.32. The number of halogens is 1. The van der Waals surface area contributed by atoms with Crippen molar-refractivity contribution in [3.63, 3.8) is 0 Å². The van der Waals surface area contributed by atoms with E-state index in [-0.39, 0.29) is 5.91 Å². The van der Waals surface area contributed by atoms with Crippen molar-refractivity contribution in [1.29, 1.82) is 0 Å². The number of aromatic amines is 1. The zero-order valence-corrected chi connectivity index (χ0v) is 17.5. The number of ether oxygens (including phenoxy) is 1. The Labute approximate surface area is 185 Å². The lowest BCUT2D eigenvalue weighted by Gasteiger charge is -2.27. The predicted octanol–water partition coefficient (Wildman–Crippen LogP) is 5.72. The van der Waals surface area contributed by atoms with Crippen molar-refractivity contribution in [2.45, 2.75) is 13.0 Å². The van der Waals surface area contributed by atoms with Gasteiger partial charge in [-0.25, -0.2) is 0 Å². The van der Waals surface area contributed by atoms with Gasteiger partial charge in [-0.15, -0.1) is 0 Å². The Kier molecular flexibility index (Phi) is 5.18. The number of nitrogens with one attached hydrogen (secondary N) is 1. The van der Waals surface area contributed by atoms with E-state index in [0.717, 1.165) is 34.7 Å². The number of amides is 1. The smallest absolute Gasteiger partial charge is 0.254 e. The van der Waals surface area contributed by atoms with Crippen molar-refractivity contribution in [1.82, 2.24) is 15.1 Å². The molecule has 0 fully saturated rings. The third kappa shape index (κ3) is 4.05. The molecule has 3 aromatic carbocycles. The second-order valence-corrected chi connectivity index (χ2v) is 7.89. The summed E-state index contributed by atoms with van der Waals surface area (Å²) in [7, 11) is 0. The first-order chi connectivity index (χ1) is 15.2. The van der Waals surface area contributed by atoms with E-state index < -0.39 is 0 Å². The minimum absolute atomic E-state index is 0.0209. The molecular formula is C25H20ClN3O2. The minimum Gasteiger partial charge on any atom is -0.457 e. The summed E-state index contributed by atoms with van der Waals surface area (Å²) in [6.45, 7) is 1.14. The topological polar surface area (TPSA) is 58.2 Å². The highest BCUT2D eigenvalue weighted by molar-refractivity contribution is 6.30. The third-order valence-electron chi connectivity index (χ3n) is 5.40. The quantitative estimate of drug-likeness (QED) is 0.451. The highest BCUT2D eigenvalue weighted by atomic mass is 35.5. The number of carbonyl (C=O) groups is 1. The number of aromatic nitrogens is 2. The van der Waals surface area contributed by atoms with Gasteiger partial charge >= 0.3 is 0 Å². The van der Waals surface area contributed by atoms with Crippen LogP contribution < -0.4 is 4.74 Å². The van der Waals surface area contributed by atoms with Crippen LogP contribution in [-0.4, -0.2) is 27.5 Å². The molecule has 1 N–H and O–H groups in total. The van der Waals surface area contributed by atoms with E-state index in [4.69, 9.17) is 16.3 Å². The number of hydrogen-bond donors (Lipinski definition) is 1. The van der Waals surface area contributed by atoms with Gasteiger partial charge < -0.3 is 9.64 Å². The zero-order chi connectivity index (χ0) is 21.2. The molecule has 154 valence electrons. The average Bonchev–Trinajstić information content (AvgIpc) is 3.23. The molecule has 1 aliphatic heterocycles. The van der Waals surface area contributed by atoms with E-state index in [9.17, 15) is 4.79 Å². The van der Waals surface area contributed by atoms with Gasteiger partial charge in [-0.1, -0.05) is 48.0 Å². The molecule has 5 nitrogen and oxygen atoms in total. The standard InChI is InChI=1S/C25H20ClN3O2/c26-19-11-9-17(10-12-19)24-22-16-29(14-13-23(22)27-28-24)25(30)18-5-4-8-21(15-18)31-20-6-2-1-3-7-20/h1-12,15H,13-14,16H2,(H,27,28). The largest absolute Gasteiger partial charge is 0.457 e. The van der Waals surface area contributed by atoms with Crippen LogP contribution >= 0.6 is 11.6 Å². The molecule has 6 heteroatoms. The highest BCUT2D eigenvalue weighted by Crippen LogP contribution is 2.30. The molecule has 31 heavy (non-hydrogen) atoms. The Morgan fingerprint density at radius 1 is 0.968 bits per heavy atom. The number of H-pyrrole nitrogens is 1. The molecule has 2 heterocycles. The Morgan fingerprint density at radius 2 is 1.74 bits per heavy atom. The number of hydrogen-bond acceptors (Lipinski definition) is 3. The van der Waals surface area contributed by atoms with Gasteiger partial charge in [0.25, 0.3) is 5.91 Å². The fourth-order valence-electron chi connectivity index (χ4n) is 3.81. The summed E-state index contributed by atoms with van der Waals surface area (Å²) in [6.07, 6.45) is 0.738. The molecule has 5 rings (SSSR count). The molecule has 0 aliphatic carbocycles. The van der Waals surface area contributed by atoms with Crippen molar-refractivity contribution in [2.75, 3.05) is 6.54 Å². The summed E-state index contributed by atoms with van der Waals surface area (Å²) >= 11 is 6.02. The molecule has 0 unspecified atom stereocenters. The van der Waals surface area contributed by atoms with Gasteiger partial charge in [0, 0.05) is 46.9 Å². The molecule has 0 radical (unpaired) electrons. The number of para-hydroxylation sites is 1. The van der Waals surface area contributed by atoms with E-state index in [1.54, 1.807) is 6.07 Å². The molecule has 0 atom stereocenters. The lowest BCUT2D eigenvalue weighted by Crippen LogP contribution is -2.35. The lowest BCUT2D eigenvalue weighted by molar-refractivity contribution is 0.0734. The van der Waals surface area contributed by atoms with Crippen molar-refractivity contribution in [3.8, 4) is 22.8 Å². The van der Waals surface area contributed by atoms with Crippen LogP contribution in [0.3, 0.4) is 0 Å². The third-order valence-corrected chi connectivity index (χ3v) is 5.65.